The summed E-state index contributed by atoms with van der Waals surface area (Å²) >= 11 is 0. The molecule has 2 rings (SSSR count). The van der Waals surface area contributed by atoms with Crippen molar-refractivity contribution in [3.8, 4) is 11.5 Å². The van der Waals surface area contributed by atoms with E-state index in [1.807, 2.05) is 6.92 Å². The first kappa shape index (κ1) is 21.5. The Morgan fingerprint density at radius 2 is 1.39 bits per heavy atom. The lowest BCUT2D eigenvalue weighted by molar-refractivity contribution is 0.0319. The summed E-state index contributed by atoms with van der Waals surface area (Å²) in [7, 11) is 1.56. The maximum Gasteiger partial charge on any atom is 0.343 e. The van der Waals surface area contributed by atoms with E-state index < -0.39 is 5.97 Å². The fraction of sp³-hybridized carbons (Fsp3) is 0.391. The molecule has 0 radical (unpaired) electrons. The Hall–Kier alpha value is -2.82. The van der Waals surface area contributed by atoms with Crippen LogP contribution in [-0.2, 0) is 4.74 Å². The van der Waals surface area contributed by atoms with E-state index in [1.54, 1.807) is 55.6 Å². The summed E-state index contributed by atoms with van der Waals surface area (Å²) in [6.45, 7) is 4.08. The zero-order chi connectivity index (χ0) is 20.4. The number of benzene rings is 2. The monoisotopic (exact) mass is 384 g/mol. The largest absolute Gasteiger partial charge is 0.497 e. The fourth-order valence-electron chi connectivity index (χ4n) is 2.72. The molecule has 28 heavy (non-hydrogen) atoms. The van der Waals surface area contributed by atoms with Crippen LogP contribution < -0.4 is 9.47 Å². The molecule has 0 aliphatic carbocycles. The van der Waals surface area contributed by atoms with Crippen molar-refractivity contribution in [3.63, 3.8) is 0 Å². The van der Waals surface area contributed by atoms with Gasteiger partial charge in [0.05, 0.1) is 24.3 Å². The van der Waals surface area contributed by atoms with E-state index in [4.69, 9.17) is 14.2 Å². The Morgan fingerprint density at radius 3 is 1.96 bits per heavy atom. The van der Waals surface area contributed by atoms with Gasteiger partial charge in [-0.05, 0) is 68.3 Å². The predicted octanol–water partition coefficient (Wildman–Crippen LogP) is 5.43. The molecule has 5 nitrogen and oxygen atoms in total. The van der Waals surface area contributed by atoms with Crippen molar-refractivity contribution in [3.05, 3.63) is 59.7 Å². The summed E-state index contributed by atoms with van der Waals surface area (Å²) in [5.74, 6) is 0.193. The van der Waals surface area contributed by atoms with Crippen molar-refractivity contribution in [1.29, 1.82) is 0 Å². The number of rotatable bonds is 10. The van der Waals surface area contributed by atoms with E-state index in [9.17, 15) is 9.59 Å². The topological polar surface area (TPSA) is 61.8 Å². The van der Waals surface area contributed by atoms with Gasteiger partial charge < -0.3 is 14.2 Å². The van der Waals surface area contributed by atoms with Crippen molar-refractivity contribution in [2.24, 2.45) is 0 Å². The summed E-state index contributed by atoms with van der Waals surface area (Å²) in [5, 5.41) is 0. The van der Waals surface area contributed by atoms with Crippen LogP contribution in [0.5, 0.6) is 11.5 Å². The molecule has 150 valence electrons. The third-order valence-electron chi connectivity index (χ3n) is 4.40. The van der Waals surface area contributed by atoms with E-state index in [-0.39, 0.29) is 12.1 Å². The van der Waals surface area contributed by atoms with Gasteiger partial charge in [0.1, 0.15) is 11.5 Å². The highest BCUT2D eigenvalue weighted by molar-refractivity contribution is 5.92. The van der Waals surface area contributed by atoms with Gasteiger partial charge in [-0.3, -0.25) is 0 Å². The van der Waals surface area contributed by atoms with Gasteiger partial charge in [0.15, 0.2) is 0 Å². The van der Waals surface area contributed by atoms with Crippen LogP contribution >= 0.6 is 0 Å². The number of methoxy groups -OCH3 is 1. The van der Waals surface area contributed by atoms with E-state index >= 15 is 0 Å². The minimum Gasteiger partial charge on any atom is -0.497 e. The number of unbranched alkanes of at least 4 members (excludes halogenated alkanes) is 3. The lowest BCUT2D eigenvalue weighted by atomic mass is 10.1. The number of hydrogen-bond acceptors (Lipinski definition) is 5. The molecule has 2 aromatic carbocycles. The highest BCUT2D eigenvalue weighted by Crippen LogP contribution is 2.18. The molecule has 2 aromatic rings. The lowest BCUT2D eigenvalue weighted by Crippen LogP contribution is -2.15. The minimum absolute atomic E-state index is 0.114. The summed E-state index contributed by atoms with van der Waals surface area (Å²) < 4.78 is 15.9. The van der Waals surface area contributed by atoms with Crippen molar-refractivity contribution in [1.82, 2.24) is 0 Å². The molecular formula is C23H28O5. The smallest absolute Gasteiger partial charge is 0.343 e. The fourth-order valence-corrected chi connectivity index (χ4v) is 2.72. The first-order chi connectivity index (χ1) is 13.5. The molecular weight excluding hydrogens is 356 g/mol. The molecule has 0 saturated carbocycles. The van der Waals surface area contributed by atoms with Gasteiger partial charge in [0.2, 0.25) is 0 Å². The van der Waals surface area contributed by atoms with Gasteiger partial charge in [-0.1, -0.05) is 26.2 Å². The average molecular weight is 384 g/mol. The maximum absolute atomic E-state index is 12.2. The summed E-state index contributed by atoms with van der Waals surface area (Å²) in [4.78, 5) is 24.4. The molecule has 5 heteroatoms. The van der Waals surface area contributed by atoms with E-state index in [0.29, 0.717) is 22.6 Å². The predicted molar refractivity (Wildman–Crippen MR) is 108 cm³/mol. The standard InChI is InChI=1S/C23H28O5/c1-4-5-6-7-8-17(2)27-22(24)18-11-15-21(16-12-18)28-23(25)19-9-13-20(26-3)14-10-19/h9-17H,4-8H2,1-3H3/t17-/m1/s1. The second-order valence-electron chi connectivity index (χ2n) is 6.71. The van der Waals surface area contributed by atoms with Crippen LogP contribution in [0.2, 0.25) is 0 Å². The molecule has 0 aromatic heterocycles. The molecule has 1 atom stereocenters. The van der Waals surface area contributed by atoms with Crippen LogP contribution in [0.4, 0.5) is 0 Å². The number of ether oxygens (including phenoxy) is 3. The minimum atomic E-state index is -0.473. The summed E-state index contributed by atoms with van der Waals surface area (Å²) in [6, 6.07) is 13.0. The Kier molecular flexibility index (Phi) is 8.53. The van der Waals surface area contributed by atoms with Crippen molar-refractivity contribution in [2.75, 3.05) is 7.11 Å². The second kappa shape index (κ2) is 11.1. The maximum atomic E-state index is 12.2. The van der Waals surface area contributed by atoms with Crippen LogP contribution in [0.1, 0.15) is 66.7 Å². The van der Waals surface area contributed by atoms with E-state index in [0.717, 1.165) is 19.3 Å². The molecule has 0 saturated heterocycles. The summed E-state index contributed by atoms with van der Waals surface area (Å²) in [6.07, 6.45) is 5.36. The molecule has 0 heterocycles. The Morgan fingerprint density at radius 1 is 0.821 bits per heavy atom. The van der Waals surface area contributed by atoms with Crippen molar-refractivity contribution < 1.29 is 23.8 Å². The average Bonchev–Trinajstić information content (AvgIpc) is 2.71. The van der Waals surface area contributed by atoms with Crippen LogP contribution in [-0.4, -0.2) is 25.2 Å². The molecule has 0 amide bonds. The van der Waals surface area contributed by atoms with Gasteiger partial charge >= 0.3 is 11.9 Å². The Balaban J connectivity index is 1.86. The van der Waals surface area contributed by atoms with Gasteiger partial charge in [0, 0.05) is 0 Å². The lowest BCUT2D eigenvalue weighted by Gasteiger charge is -2.13. The summed E-state index contributed by atoms with van der Waals surface area (Å²) in [5.41, 5.74) is 0.853. The zero-order valence-corrected chi connectivity index (χ0v) is 16.8. The quantitative estimate of drug-likeness (QED) is 0.310. The second-order valence-corrected chi connectivity index (χ2v) is 6.71. The van der Waals surface area contributed by atoms with Gasteiger partial charge in [0.25, 0.3) is 0 Å². The van der Waals surface area contributed by atoms with Gasteiger partial charge in [-0.2, -0.15) is 0 Å². The Bertz CT molecular complexity index is 750. The van der Waals surface area contributed by atoms with Crippen LogP contribution in [0.15, 0.2) is 48.5 Å². The molecule has 0 aliphatic heterocycles. The van der Waals surface area contributed by atoms with E-state index in [2.05, 4.69) is 6.92 Å². The molecule has 0 bridgehead atoms. The van der Waals surface area contributed by atoms with Crippen LogP contribution in [0, 0.1) is 0 Å². The number of esters is 2. The SMILES string of the molecule is CCCCCC[C@@H](C)OC(=O)c1ccc(OC(=O)c2ccc(OC)cc2)cc1. The highest BCUT2D eigenvalue weighted by atomic mass is 16.5. The highest BCUT2D eigenvalue weighted by Gasteiger charge is 2.13. The zero-order valence-electron chi connectivity index (χ0n) is 16.8. The molecule has 0 spiro atoms. The van der Waals surface area contributed by atoms with Crippen LogP contribution in [0.25, 0.3) is 0 Å². The molecule has 0 fully saturated rings. The normalized spacial score (nSPS) is 11.5. The molecule has 0 unspecified atom stereocenters. The first-order valence-corrected chi connectivity index (χ1v) is 9.70. The van der Waals surface area contributed by atoms with Crippen molar-refractivity contribution in [2.45, 2.75) is 52.1 Å². The van der Waals surface area contributed by atoms with E-state index in [1.165, 1.54) is 12.8 Å². The van der Waals surface area contributed by atoms with Crippen LogP contribution in [0.3, 0.4) is 0 Å². The number of carbonyl (C=O) groups excluding carboxylic acids is 2. The third kappa shape index (κ3) is 6.72. The number of hydrogen-bond donors (Lipinski definition) is 0. The number of carbonyl (C=O) groups is 2. The molecule has 0 aliphatic rings. The Labute approximate surface area is 166 Å². The van der Waals surface area contributed by atoms with Gasteiger partial charge in [-0.25, -0.2) is 9.59 Å². The van der Waals surface area contributed by atoms with Gasteiger partial charge in [-0.15, -0.1) is 0 Å². The first-order valence-electron chi connectivity index (χ1n) is 9.70. The van der Waals surface area contributed by atoms with Crippen molar-refractivity contribution >= 4 is 11.9 Å². The molecule has 0 N–H and O–H groups in total. The third-order valence-corrected chi connectivity index (χ3v) is 4.40.